The number of ether oxygens (including phenoxy) is 2. The van der Waals surface area contributed by atoms with Crippen LogP contribution in [0, 0.1) is 88.9 Å². The third kappa shape index (κ3) is 21.6. The maximum atomic E-state index is 12.5. The van der Waals surface area contributed by atoms with Crippen molar-refractivity contribution in [2.24, 2.45) is 57.2 Å². The third-order valence-corrected chi connectivity index (χ3v) is 21.2. The molecule has 12 heteroatoms. The lowest BCUT2D eigenvalue weighted by atomic mass is 9.53. The van der Waals surface area contributed by atoms with Crippen molar-refractivity contribution >= 4 is 57.9 Å². The van der Waals surface area contributed by atoms with Crippen molar-refractivity contribution in [1.29, 1.82) is 5.26 Å². The normalized spacial score (nSPS) is 14.9. The van der Waals surface area contributed by atoms with E-state index in [1.54, 1.807) is 0 Å². The molecule has 0 saturated heterocycles. The zero-order valence-corrected chi connectivity index (χ0v) is 67.6. The maximum absolute atomic E-state index is 12.5. The van der Waals surface area contributed by atoms with Crippen molar-refractivity contribution in [3.05, 3.63) is 130 Å². The lowest BCUT2D eigenvalue weighted by molar-refractivity contribution is 0.147. The number of aromatic nitrogens is 4. The van der Waals surface area contributed by atoms with E-state index in [-0.39, 0.29) is 47.1 Å². The summed E-state index contributed by atoms with van der Waals surface area (Å²) in [4.78, 5) is 15.4. The zero-order chi connectivity index (χ0) is 74.4. The van der Waals surface area contributed by atoms with Crippen molar-refractivity contribution < 1.29 is 18.3 Å². The number of hydrogen-bond donors (Lipinski definition) is 0. The Bertz CT molecular complexity index is 3970. The zero-order valence-electron chi connectivity index (χ0n) is 67.6. The Morgan fingerprint density at radius 2 is 0.902 bits per heavy atom. The van der Waals surface area contributed by atoms with Crippen LogP contribution >= 0.6 is 0 Å². The average molecular weight is 1380 g/mol. The Morgan fingerprint density at radius 3 is 1.28 bits per heavy atom. The highest BCUT2D eigenvalue weighted by molar-refractivity contribution is 6.59. The summed E-state index contributed by atoms with van der Waals surface area (Å²) in [6.45, 7) is 62.1. The van der Waals surface area contributed by atoms with E-state index in [2.05, 4.69) is 228 Å². The van der Waals surface area contributed by atoms with Crippen LogP contribution in [-0.4, -0.2) is 45.8 Å². The summed E-state index contributed by atoms with van der Waals surface area (Å²) >= 11 is 0. The first-order valence-electron chi connectivity index (χ1n) is 39.8. The molecule has 4 aromatic heterocycles. The van der Waals surface area contributed by atoms with Gasteiger partial charge in [-0.3, -0.25) is 0 Å². The summed E-state index contributed by atoms with van der Waals surface area (Å²) in [6.07, 6.45) is 20.3. The van der Waals surface area contributed by atoms with E-state index in [1.165, 1.54) is 12.8 Å². The molecule has 8 aromatic rings. The van der Waals surface area contributed by atoms with Crippen LogP contribution in [0.2, 0.25) is 25.3 Å². The smallest absolute Gasteiger partial charge is 0.269 e. The number of nitrogens with zero attached hydrogens (tertiary/aromatic N) is 6. The molecular weight excluding hydrogens is 1250 g/mol. The van der Waals surface area contributed by atoms with Gasteiger partial charge in [0.2, 0.25) is 11.8 Å². The van der Waals surface area contributed by atoms with E-state index in [9.17, 15) is 11.8 Å². The molecule has 0 bridgehead atoms. The monoisotopic (exact) mass is 1380 g/mol. The quantitative estimate of drug-likeness (QED) is 0.0284. The summed E-state index contributed by atoms with van der Waals surface area (Å²) in [5.41, 5.74) is 9.97. The highest BCUT2D eigenvalue weighted by Gasteiger charge is 2.37. The van der Waals surface area contributed by atoms with Gasteiger partial charge in [-0.2, -0.15) is 5.26 Å². The molecule has 10 nitrogen and oxygen atoms in total. The second-order valence-corrected chi connectivity index (χ2v) is 36.3. The van der Waals surface area contributed by atoms with Crippen LogP contribution in [0.15, 0.2) is 93.8 Å². The highest BCUT2D eigenvalue weighted by Crippen LogP contribution is 2.43. The Morgan fingerprint density at radius 1 is 0.520 bits per heavy atom. The molecule has 4 aromatic carbocycles. The van der Waals surface area contributed by atoms with Gasteiger partial charge in [0.05, 0.1) is 25.1 Å². The Hall–Kier alpha value is -6.91. The molecule has 0 spiro atoms. The van der Waals surface area contributed by atoms with Gasteiger partial charge in [-0.15, -0.1) is 0 Å². The number of hydrogen-bond acceptors (Lipinski definition) is 7. The van der Waals surface area contributed by atoms with E-state index < -0.39 is 0 Å². The van der Waals surface area contributed by atoms with E-state index in [1.807, 2.05) is 24.3 Å². The van der Waals surface area contributed by atoms with E-state index in [0.717, 1.165) is 182 Å². The van der Waals surface area contributed by atoms with Crippen LogP contribution in [0.5, 0.6) is 11.5 Å². The van der Waals surface area contributed by atoms with Gasteiger partial charge >= 0.3 is 0 Å². The largest absolute Gasteiger partial charge is 0.493 e. The van der Waals surface area contributed by atoms with Crippen molar-refractivity contribution in [2.45, 2.75) is 280 Å². The van der Waals surface area contributed by atoms with Crippen molar-refractivity contribution in [3.8, 4) is 40.1 Å². The molecule has 0 radical (unpaired) electrons. The molecule has 0 aliphatic carbocycles. The van der Waals surface area contributed by atoms with Crippen molar-refractivity contribution in [3.63, 3.8) is 0 Å². The minimum atomic E-state index is -0.0961. The number of benzene rings is 4. The Balaban J connectivity index is 1.58. The van der Waals surface area contributed by atoms with Gasteiger partial charge in [0.1, 0.15) is 34.2 Å². The molecule has 6 atom stereocenters. The van der Waals surface area contributed by atoms with Crippen LogP contribution < -0.4 is 20.2 Å². The third-order valence-electron chi connectivity index (χ3n) is 21.2. The number of fused-ring (bicyclic) bond motifs is 3. The first-order valence-corrected chi connectivity index (χ1v) is 39.8. The number of rotatable bonds is 36. The lowest BCUT2D eigenvalue weighted by Gasteiger charge is -2.31. The predicted molar refractivity (Wildman–Crippen MR) is 435 cm³/mol. The highest BCUT2D eigenvalue weighted by atomic mass is 16.5. The molecule has 0 aliphatic heterocycles. The van der Waals surface area contributed by atoms with Gasteiger partial charge in [0, 0.05) is 38.6 Å². The summed E-state index contributed by atoms with van der Waals surface area (Å²) in [5, 5.41) is 15.7. The molecule has 0 N–H and O–H groups in total. The number of nitriles is 1. The summed E-state index contributed by atoms with van der Waals surface area (Å²) in [5.74, 6) is 4.83. The molecule has 6 unspecified atom stereocenters. The fourth-order valence-corrected chi connectivity index (χ4v) is 16.9. The minimum Gasteiger partial charge on any atom is -0.493 e. The molecule has 0 aliphatic rings. The summed E-state index contributed by atoms with van der Waals surface area (Å²) in [6, 6.07) is 32.6. The number of aryl methyl sites for hydroxylation is 2. The van der Waals surface area contributed by atoms with Gasteiger partial charge in [0.25, 0.3) is 19.4 Å². The molecule has 550 valence electrons. The van der Waals surface area contributed by atoms with Crippen LogP contribution in [0.3, 0.4) is 0 Å². The van der Waals surface area contributed by atoms with Crippen LogP contribution in [0.1, 0.15) is 264 Å². The van der Waals surface area contributed by atoms with E-state index in [0.29, 0.717) is 82.2 Å². The molecule has 0 amide bonds. The van der Waals surface area contributed by atoms with Crippen molar-refractivity contribution in [2.75, 3.05) is 13.2 Å². The topological polar surface area (TPSA) is 109 Å². The predicted octanol–water partition coefficient (Wildman–Crippen LogP) is 25.2. The lowest BCUT2D eigenvalue weighted by Crippen LogP contribution is -2.38. The molecule has 0 fully saturated rings. The molecule has 4 heterocycles. The molecular formula is C90H130B2N6O4. The van der Waals surface area contributed by atoms with Gasteiger partial charge in [0.15, 0.2) is 11.2 Å². The molecule has 102 heavy (non-hydrogen) atoms. The SMILES string of the molecule is [C-]#[N+]/C(c1nc2cc(C)ccc2o1)=c1\c2c(-c3cccc(OCC(CCC(C)CC(C)(C)C)C(C)CC(C)(C)C)c3)n(B(CCCC)CCCC)/c(=C(/C#N)c3nc4cc(C)ccc4o3)c2c(-c2cccc(OCC(CCC(C)CC(C)(C)C)C(C)CC(C)(C)C)c2)n1B(CCCC)CCCC. The fourth-order valence-electron chi connectivity index (χ4n) is 16.9. The number of unbranched alkanes of at least 4 members (excludes halogenated alkanes) is 4. The van der Waals surface area contributed by atoms with Crippen molar-refractivity contribution in [1.82, 2.24) is 18.9 Å². The summed E-state index contributed by atoms with van der Waals surface area (Å²) < 4.78 is 33.6. The van der Waals surface area contributed by atoms with Gasteiger partial charge in [-0.05, 0) is 169 Å². The Kier molecular flexibility index (Phi) is 28.3. The Labute approximate surface area is 617 Å². The van der Waals surface area contributed by atoms with Crippen LogP contribution in [0.4, 0.5) is 0 Å². The molecule has 8 rings (SSSR count). The standard InChI is InChI=1S/C90H130B2N6O4/c1-24-28-46-91(47-29-25-2)97-82(68-35-33-37-72(53-68)100-60-70(66(10)57-90(20,21)22)43-39-64(8)55-88(14,15)16)79-78(83(97)73(58-93)85-95-74-50-61(5)40-44-76(74)101-85)81(67-34-32-36-71(52-67)99-59-69(65(9)56-89(17,18)19)42-38-63(7)54-87(11,12)13)98(92(48-30-26-3)49-31-27-4)84(79)80(94-23)86-96-75-51-62(6)41-45-77(75)102-86/h32-37,40-41,44-45,50-53,63-66,69-70H,24-31,38-39,42-43,46-49,54-57,59-60H2,1-22H3/b83-73-,84-80+. The second-order valence-electron chi connectivity index (χ2n) is 36.3. The average Bonchev–Trinajstić information content (AvgIpc) is 1.53. The van der Waals surface area contributed by atoms with Gasteiger partial charge in [-0.1, -0.05) is 264 Å². The first kappa shape index (κ1) is 80.8. The van der Waals surface area contributed by atoms with E-state index in [4.69, 9.17) is 33.1 Å². The summed E-state index contributed by atoms with van der Waals surface area (Å²) in [7, 11) is 0. The minimum absolute atomic E-state index is 0.0938. The fraction of sp³-hybridized carbons (Fsp3) is 0.600. The van der Waals surface area contributed by atoms with Gasteiger partial charge < -0.3 is 27.3 Å². The van der Waals surface area contributed by atoms with Crippen LogP contribution in [0.25, 0.3) is 71.6 Å². The van der Waals surface area contributed by atoms with E-state index >= 15 is 0 Å². The molecule has 0 saturated carbocycles. The van der Waals surface area contributed by atoms with Crippen LogP contribution in [-0.2, 0) is 0 Å². The second kappa shape index (κ2) is 35.7. The first-order chi connectivity index (χ1) is 48.3. The maximum Gasteiger partial charge on any atom is 0.269 e. The number of oxazole rings is 2. The van der Waals surface area contributed by atoms with Gasteiger partial charge in [-0.25, -0.2) is 14.8 Å².